The van der Waals surface area contributed by atoms with Gasteiger partial charge in [-0.15, -0.1) is 11.3 Å². The largest absolute Gasteiger partial charge is 0.288 e. The molecule has 0 spiro atoms. The molecular formula is C15H15N3S. The Morgan fingerprint density at radius 1 is 1.37 bits per heavy atom. The van der Waals surface area contributed by atoms with E-state index in [1.54, 1.807) is 6.21 Å². The first-order valence-corrected chi connectivity index (χ1v) is 6.98. The Morgan fingerprint density at radius 2 is 2.11 bits per heavy atom. The molecule has 0 saturated carbocycles. The summed E-state index contributed by atoms with van der Waals surface area (Å²) in [6, 6.07) is 12.3. The molecule has 2 atom stereocenters. The first kappa shape index (κ1) is 13.4. The van der Waals surface area contributed by atoms with E-state index in [1.807, 2.05) is 49.6 Å². The summed E-state index contributed by atoms with van der Waals surface area (Å²) in [6.45, 7) is 3.95. The van der Waals surface area contributed by atoms with Crippen LogP contribution in [-0.2, 0) is 0 Å². The van der Waals surface area contributed by atoms with E-state index in [4.69, 9.17) is 0 Å². The maximum absolute atomic E-state index is 9.20. The monoisotopic (exact) mass is 269 g/mol. The van der Waals surface area contributed by atoms with Crippen molar-refractivity contribution in [1.82, 2.24) is 4.98 Å². The first-order chi connectivity index (χ1) is 9.20. The number of nitriles is 1. The van der Waals surface area contributed by atoms with Crippen LogP contribution in [0, 0.1) is 18.3 Å². The van der Waals surface area contributed by atoms with Crippen LogP contribution in [0.1, 0.15) is 35.1 Å². The van der Waals surface area contributed by atoms with Crippen molar-refractivity contribution >= 4 is 17.6 Å². The van der Waals surface area contributed by atoms with Crippen LogP contribution in [0.15, 0.2) is 40.7 Å². The summed E-state index contributed by atoms with van der Waals surface area (Å²) < 4.78 is 0. The smallest absolute Gasteiger partial charge is 0.133 e. The molecule has 0 radical (unpaired) electrons. The maximum Gasteiger partial charge on any atom is 0.133 e. The highest BCUT2D eigenvalue weighted by molar-refractivity contribution is 7.09. The number of thiazole rings is 1. The van der Waals surface area contributed by atoms with E-state index in [9.17, 15) is 5.26 Å². The van der Waals surface area contributed by atoms with Crippen molar-refractivity contribution in [2.45, 2.75) is 25.8 Å². The van der Waals surface area contributed by atoms with E-state index in [0.29, 0.717) is 0 Å². The zero-order valence-electron chi connectivity index (χ0n) is 10.9. The molecule has 19 heavy (non-hydrogen) atoms. The minimum absolute atomic E-state index is 0.0538. The highest BCUT2D eigenvalue weighted by Crippen LogP contribution is 2.20. The molecule has 0 unspecified atom stereocenters. The number of rotatable bonds is 4. The average molecular weight is 269 g/mol. The SMILES string of the molecule is Cc1csc([C@H](C#N)C=N[C@H](C)c2ccccc2)n1. The van der Waals surface area contributed by atoms with Crippen LogP contribution >= 0.6 is 11.3 Å². The summed E-state index contributed by atoms with van der Waals surface area (Å²) in [4.78, 5) is 8.81. The lowest BCUT2D eigenvalue weighted by Crippen LogP contribution is -1.99. The van der Waals surface area contributed by atoms with Gasteiger partial charge in [0.05, 0.1) is 12.1 Å². The van der Waals surface area contributed by atoms with Gasteiger partial charge in [-0.1, -0.05) is 30.3 Å². The average Bonchev–Trinajstić information content (AvgIpc) is 2.87. The molecule has 2 rings (SSSR count). The molecule has 0 amide bonds. The minimum atomic E-state index is -0.357. The number of aliphatic imine (C=N–C) groups is 1. The first-order valence-electron chi connectivity index (χ1n) is 6.10. The summed E-state index contributed by atoms with van der Waals surface area (Å²) in [5.41, 5.74) is 2.09. The van der Waals surface area contributed by atoms with E-state index in [1.165, 1.54) is 11.3 Å². The standard InChI is InChI=1S/C15H15N3S/c1-11-10-19-15(18-11)14(8-16)9-17-12(2)13-6-4-3-5-7-13/h3-7,9-10,12,14H,1-2H3/t12-,14-/m1/s1. The summed E-state index contributed by atoms with van der Waals surface area (Å²) in [5.74, 6) is -0.357. The quantitative estimate of drug-likeness (QED) is 0.790. The molecule has 0 aliphatic rings. The third-order valence-electron chi connectivity index (χ3n) is 2.78. The predicted molar refractivity (Wildman–Crippen MR) is 78.6 cm³/mol. The molecule has 0 aliphatic carbocycles. The second-order valence-electron chi connectivity index (χ2n) is 4.32. The topological polar surface area (TPSA) is 49.0 Å². The fourth-order valence-electron chi connectivity index (χ4n) is 1.70. The Morgan fingerprint density at radius 3 is 2.68 bits per heavy atom. The van der Waals surface area contributed by atoms with Crippen molar-refractivity contribution in [1.29, 1.82) is 5.26 Å². The van der Waals surface area contributed by atoms with Crippen molar-refractivity contribution in [3.8, 4) is 6.07 Å². The van der Waals surface area contributed by atoms with Gasteiger partial charge in [-0.25, -0.2) is 4.98 Å². The van der Waals surface area contributed by atoms with Crippen LogP contribution in [0.3, 0.4) is 0 Å². The molecule has 1 aromatic heterocycles. The van der Waals surface area contributed by atoms with Gasteiger partial charge < -0.3 is 0 Å². The van der Waals surface area contributed by atoms with Gasteiger partial charge in [0.15, 0.2) is 0 Å². The molecular weight excluding hydrogens is 254 g/mol. The van der Waals surface area contributed by atoms with Crippen molar-refractivity contribution in [2.75, 3.05) is 0 Å². The molecule has 96 valence electrons. The minimum Gasteiger partial charge on any atom is -0.288 e. The van der Waals surface area contributed by atoms with Gasteiger partial charge in [0, 0.05) is 17.3 Å². The number of hydrogen-bond donors (Lipinski definition) is 0. The molecule has 0 aliphatic heterocycles. The number of aromatic nitrogens is 1. The normalized spacial score (nSPS) is 14.2. The van der Waals surface area contributed by atoms with Gasteiger partial charge >= 0.3 is 0 Å². The predicted octanol–water partition coefficient (Wildman–Crippen LogP) is 3.89. The molecule has 0 bridgehead atoms. The van der Waals surface area contributed by atoms with E-state index in [0.717, 1.165) is 16.3 Å². The van der Waals surface area contributed by atoms with E-state index >= 15 is 0 Å². The molecule has 0 fully saturated rings. The van der Waals surface area contributed by atoms with Gasteiger partial charge in [0.1, 0.15) is 10.9 Å². The Bertz CT molecular complexity index is 595. The van der Waals surface area contributed by atoms with Crippen LogP contribution < -0.4 is 0 Å². The second-order valence-corrected chi connectivity index (χ2v) is 5.21. The maximum atomic E-state index is 9.20. The Labute approximate surface area is 117 Å². The van der Waals surface area contributed by atoms with Crippen LogP contribution in [0.25, 0.3) is 0 Å². The van der Waals surface area contributed by atoms with Crippen molar-refractivity contribution in [3.63, 3.8) is 0 Å². The van der Waals surface area contributed by atoms with E-state index in [-0.39, 0.29) is 12.0 Å². The Kier molecular flexibility index (Phi) is 4.43. The van der Waals surface area contributed by atoms with E-state index in [2.05, 4.69) is 16.0 Å². The van der Waals surface area contributed by atoms with Gasteiger partial charge in [0.25, 0.3) is 0 Å². The highest BCUT2D eigenvalue weighted by Gasteiger charge is 2.12. The zero-order chi connectivity index (χ0) is 13.7. The summed E-state index contributed by atoms with van der Waals surface area (Å²) in [7, 11) is 0. The third-order valence-corrected chi connectivity index (χ3v) is 3.83. The van der Waals surface area contributed by atoms with Gasteiger partial charge in [-0.2, -0.15) is 5.26 Å². The molecule has 4 heteroatoms. The number of nitrogens with zero attached hydrogens (tertiary/aromatic N) is 3. The highest BCUT2D eigenvalue weighted by atomic mass is 32.1. The van der Waals surface area contributed by atoms with Crippen LogP contribution in [0.5, 0.6) is 0 Å². The van der Waals surface area contributed by atoms with Crippen molar-refractivity contribution < 1.29 is 0 Å². The fourth-order valence-corrected chi connectivity index (χ4v) is 2.50. The molecule has 1 heterocycles. The van der Waals surface area contributed by atoms with Gasteiger partial charge in [-0.3, -0.25) is 4.99 Å². The number of aryl methyl sites for hydroxylation is 1. The van der Waals surface area contributed by atoms with E-state index < -0.39 is 0 Å². The molecule has 0 N–H and O–H groups in total. The third kappa shape index (κ3) is 3.49. The molecule has 3 nitrogen and oxygen atoms in total. The zero-order valence-corrected chi connectivity index (χ0v) is 11.8. The van der Waals surface area contributed by atoms with Crippen LogP contribution in [0.4, 0.5) is 0 Å². The lowest BCUT2D eigenvalue weighted by Gasteiger charge is -2.06. The fraction of sp³-hybridized carbons (Fsp3) is 0.267. The van der Waals surface area contributed by atoms with Crippen molar-refractivity contribution in [2.24, 2.45) is 4.99 Å². The summed E-state index contributed by atoms with van der Waals surface area (Å²) >= 11 is 1.50. The molecule has 1 aromatic carbocycles. The Hall–Kier alpha value is -1.99. The number of hydrogen-bond acceptors (Lipinski definition) is 4. The second kappa shape index (κ2) is 6.26. The Balaban J connectivity index is 2.11. The molecule has 2 aromatic rings. The lowest BCUT2D eigenvalue weighted by molar-refractivity contribution is 0.819. The van der Waals surface area contributed by atoms with Crippen LogP contribution in [0.2, 0.25) is 0 Å². The van der Waals surface area contributed by atoms with Gasteiger partial charge in [-0.05, 0) is 19.4 Å². The summed E-state index contributed by atoms with van der Waals surface area (Å²) in [6.07, 6.45) is 1.70. The van der Waals surface area contributed by atoms with Gasteiger partial charge in [0.2, 0.25) is 0 Å². The molecule has 0 saturated heterocycles. The van der Waals surface area contributed by atoms with Crippen molar-refractivity contribution in [3.05, 3.63) is 52.0 Å². The lowest BCUT2D eigenvalue weighted by atomic mass is 10.1. The number of benzene rings is 1. The summed E-state index contributed by atoms with van der Waals surface area (Å²) in [5, 5.41) is 12.0. The van der Waals surface area contributed by atoms with Crippen LogP contribution in [-0.4, -0.2) is 11.2 Å².